The van der Waals surface area contributed by atoms with Crippen LogP contribution in [-0.2, 0) is 16.5 Å². The lowest BCUT2D eigenvalue weighted by Gasteiger charge is -2.10. The Morgan fingerprint density at radius 3 is 2.25 bits per heavy atom. The van der Waals surface area contributed by atoms with Crippen LogP contribution in [0.15, 0.2) is 53.4 Å². The van der Waals surface area contributed by atoms with Crippen molar-refractivity contribution in [3.05, 3.63) is 65.2 Å². The van der Waals surface area contributed by atoms with E-state index in [1.165, 1.54) is 6.07 Å². The van der Waals surface area contributed by atoms with E-state index in [9.17, 15) is 17.8 Å². The minimum atomic E-state index is -4.45. The van der Waals surface area contributed by atoms with Gasteiger partial charge >= 0.3 is 0 Å². The van der Waals surface area contributed by atoms with Gasteiger partial charge in [-0.1, -0.05) is 49.4 Å². The second-order valence-electron chi connectivity index (χ2n) is 4.32. The number of ketones is 1. The summed E-state index contributed by atoms with van der Waals surface area (Å²) in [5, 5.41) is 0. The molecule has 0 unspecified atom stereocenters. The van der Waals surface area contributed by atoms with Crippen molar-refractivity contribution in [2.45, 2.75) is 18.2 Å². The second kappa shape index (κ2) is 5.56. The van der Waals surface area contributed by atoms with Crippen LogP contribution in [0.4, 0.5) is 0 Å². The van der Waals surface area contributed by atoms with Crippen molar-refractivity contribution in [2.75, 3.05) is 0 Å². The topological polar surface area (TPSA) is 71.4 Å². The molecule has 0 amide bonds. The van der Waals surface area contributed by atoms with Gasteiger partial charge in [0.15, 0.2) is 5.78 Å². The molecule has 2 rings (SSSR count). The zero-order valence-electron chi connectivity index (χ0n) is 10.9. The normalized spacial score (nSPS) is 11.3. The first-order valence-corrected chi connectivity index (χ1v) is 7.58. The van der Waals surface area contributed by atoms with Crippen LogP contribution in [0, 0.1) is 0 Å². The van der Waals surface area contributed by atoms with Crippen molar-refractivity contribution in [2.24, 2.45) is 0 Å². The van der Waals surface area contributed by atoms with Crippen molar-refractivity contribution in [3.63, 3.8) is 0 Å². The summed E-state index contributed by atoms with van der Waals surface area (Å²) in [7, 11) is -4.45. The Morgan fingerprint density at radius 2 is 1.70 bits per heavy atom. The maximum absolute atomic E-state index is 12.4. The standard InChI is InChI=1S/C15H14O4S/c1-2-11-9-6-10-13(15(11)20(17,18)19)14(16)12-7-4-3-5-8-12/h3-10H,2H2,1H3,(H,17,18,19). The molecule has 20 heavy (non-hydrogen) atoms. The van der Waals surface area contributed by atoms with Crippen LogP contribution in [0.25, 0.3) is 0 Å². The van der Waals surface area contributed by atoms with E-state index in [0.29, 0.717) is 17.5 Å². The molecule has 0 aliphatic heterocycles. The molecule has 0 saturated heterocycles. The van der Waals surface area contributed by atoms with Gasteiger partial charge in [-0.25, -0.2) is 0 Å². The van der Waals surface area contributed by atoms with E-state index in [2.05, 4.69) is 0 Å². The predicted octanol–water partition coefficient (Wildman–Crippen LogP) is 2.73. The van der Waals surface area contributed by atoms with Crippen molar-refractivity contribution < 1.29 is 17.8 Å². The van der Waals surface area contributed by atoms with Crippen LogP contribution in [0.2, 0.25) is 0 Å². The highest BCUT2D eigenvalue weighted by atomic mass is 32.2. The Labute approximate surface area is 117 Å². The summed E-state index contributed by atoms with van der Waals surface area (Å²) >= 11 is 0. The van der Waals surface area contributed by atoms with Gasteiger partial charge in [-0.2, -0.15) is 8.42 Å². The van der Waals surface area contributed by atoms with Crippen molar-refractivity contribution in [3.8, 4) is 0 Å². The third-order valence-electron chi connectivity index (χ3n) is 3.02. The van der Waals surface area contributed by atoms with Crippen molar-refractivity contribution in [1.82, 2.24) is 0 Å². The predicted molar refractivity (Wildman–Crippen MR) is 75.5 cm³/mol. The van der Waals surface area contributed by atoms with Gasteiger partial charge in [0.05, 0.1) is 0 Å². The zero-order valence-corrected chi connectivity index (χ0v) is 11.7. The first-order valence-electron chi connectivity index (χ1n) is 6.14. The number of hydrogen-bond acceptors (Lipinski definition) is 3. The van der Waals surface area contributed by atoms with Crippen LogP contribution in [-0.4, -0.2) is 18.8 Å². The fourth-order valence-corrected chi connectivity index (χ4v) is 3.07. The summed E-state index contributed by atoms with van der Waals surface area (Å²) in [6, 6.07) is 13.0. The Bertz CT molecular complexity index is 734. The number of aryl methyl sites for hydroxylation is 1. The van der Waals surface area contributed by atoms with E-state index >= 15 is 0 Å². The summed E-state index contributed by atoms with van der Waals surface area (Å²) in [4.78, 5) is 12.1. The molecule has 1 N–H and O–H groups in total. The molecule has 104 valence electrons. The van der Waals surface area contributed by atoms with E-state index < -0.39 is 15.9 Å². The van der Waals surface area contributed by atoms with E-state index in [1.54, 1.807) is 49.4 Å². The number of rotatable bonds is 4. The minimum Gasteiger partial charge on any atom is -0.289 e. The molecule has 0 saturated carbocycles. The molecule has 0 aliphatic carbocycles. The lowest BCUT2D eigenvalue weighted by atomic mass is 10.0. The quantitative estimate of drug-likeness (QED) is 0.694. The molecule has 2 aromatic rings. The van der Waals surface area contributed by atoms with Gasteiger partial charge in [-0.05, 0) is 18.1 Å². The fourth-order valence-electron chi connectivity index (χ4n) is 2.09. The molecule has 2 aromatic carbocycles. The van der Waals surface area contributed by atoms with E-state index in [0.717, 1.165) is 0 Å². The van der Waals surface area contributed by atoms with Crippen LogP contribution in [0.1, 0.15) is 28.4 Å². The summed E-state index contributed by atoms with van der Waals surface area (Å²) in [5.74, 6) is -0.423. The van der Waals surface area contributed by atoms with Gasteiger partial charge in [0.1, 0.15) is 4.90 Å². The summed E-state index contributed by atoms with van der Waals surface area (Å²) < 4.78 is 32.5. The van der Waals surface area contributed by atoms with Gasteiger partial charge in [0, 0.05) is 11.1 Å². The summed E-state index contributed by atoms with van der Waals surface area (Å²) in [5.41, 5.74) is 0.804. The summed E-state index contributed by atoms with van der Waals surface area (Å²) in [6.07, 6.45) is 0.408. The zero-order chi connectivity index (χ0) is 14.8. The van der Waals surface area contributed by atoms with Gasteiger partial charge in [-0.3, -0.25) is 9.35 Å². The summed E-state index contributed by atoms with van der Waals surface area (Å²) in [6.45, 7) is 1.76. The van der Waals surface area contributed by atoms with E-state index in [1.807, 2.05) is 0 Å². The first-order chi connectivity index (χ1) is 9.45. The lowest BCUT2D eigenvalue weighted by Crippen LogP contribution is -2.12. The number of carbonyl (C=O) groups is 1. The van der Waals surface area contributed by atoms with Gasteiger partial charge in [-0.15, -0.1) is 0 Å². The SMILES string of the molecule is CCc1cccc(C(=O)c2ccccc2)c1S(=O)(=O)O. The number of benzene rings is 2. The van der Waals surface area contributed by atoms with Crippen molar-refractivity contribution >= 4 is 15.9 Å². The lowest BCUT2D eigenvalue weighted by molar-refractivity contribution is 0.103. The van der Waals surface area contributed by atoms with E-state index in [4.69, 9.17) is 0 Å². The first kappa shape index (κ1) is 14.4. The molecule has 0 spiro atoms. The molecule has 0 aromatic heterocycles. The molecular formula is C15H14O4S. The maximum atomic E-state index is 12.4. The maximum Gasteiger partial charge on any atom is 0.295 e. The Balaban J connectivity index is 2.67. The molecule has 0 radical (unpaired) electrons. The molecule has 0 heterocycles. The van der Waals surface area contributed by atoms with Crippen molar-refractivity contribution in [1.29, 1.82) is 0 Å². The average molecular weight is 290 g/mol. The smallest absolute Gasteiger partial charge is 0.289 e. The highest BCUT2D eigenvalue weighted by Crippen LogP contribution is 2.23. The van der Waals surface area contributed by atoms with Gasteiger partial charge in [0.2, 0.25) is 0 Å². The van der Waals surface area contributed by atoms with Crippen LogP contribution >= 0.6 is 0 Å². The van der Waals surface area contributed by atoms with Crippen LogP contribution < -0.4 is 0 Å². The van der Waals surface area contributed by atoms with Crippen LogP contribution in [0.5, 0.6) is 0 Å². The Morgan fingerprint density at radius 1 is 1.05 bits per heavy atom. The molecule has 4 nitrogen and oxygen atoms in total. The van der Waals surface area contributed by atoms with E-state index in [-0.39, 0.29) is 10.5 Å². The average Bonchev–Trinajstić information content (AvgIpc) is 2.45. The van der Waals surface area contributed by atoms with Gasteiger partial charge < -0.3 is 0 Å². The Kier molecular flexibility index (Phi) is 4.01. The molecule has 5 heteroatoms. The largest absolute Gasteiger partial charge is 0.295 e. The second-order valence-corrected chi connectivity index (χ2v) is 5.68. The third kappa shape index (κ3) is 2.79. The number of hydrogen-bond donors (Lipinski definition) is 1. The molecule has 0 fully saturated rings. The van der Waals surface area contributed by atoms with Crippen LogP contribution in [0.3, 0.4) is 0 Å². The van der Waals surface area contributed by atoms with Gasteiger partial charge in [0.25, 0.3) is 10.1 Å². The Hall–Kier alpha value is -1.98. The molecule has 0 bridgehead atoms. The fraction of sp³-hybridized carbons (Fsp3) is 0.133. The highest BCUT2D eigenvalue weighted by molar-refractivity contribution is 7.86. The minimum absolute atomic E-state index is 0.00181. The highest BCUT2D eigenvalue weighted by Gasteiger charge is 2.24. The number of carbonyl (C=O) groups excluding carboxylic acids is 1. The molecular weight excluding hydrogens is 276 g/mol. The third-order valence-corrected chi connectivity index (χ3v) is 4.01. The monoisotopic (exact) mass is 290 g/mol. The molecule has 0 aliphatic rings. The molecule has 0 atom stereocenters.